The normalized spacial score (nSPS) is 15.6. The number of hydrogen-bond donors (Lipinski definition) is 1. The van der Waals surface area contributed by atoms with Crippen LogP contribution >= 0.6 is 23.2 Å². The van der Waals surface area contributed by atoms with Crippen molar-refractivity contribution in [2.24, 2.45) is 0 Å². The monoisotopic (exact) mass is 472 g/mol. The van der Waals surface area contributed by atoms with Crippen molar-refractivity contribution in [1.82, 2.24) is 4.90 Å². The van der Waals surface area contributed by atoms with Crippen molar-refractivity contribution in [2.75, 3.05) is 18.5 Å². The lowest BCUT2D eigenvalue weighted by atomic mass is 9.94. The number of carbonyl (C=O) groups is 2. The van der Waals surface area contributed by atoms with Gasteiger partial charge < -0.3 is 15.0 Å². The molecular formula is C24H19Cl2FN2O3. The van der Waals surface area contributed by atoms with E-state index in [0.717, 1.165) is 11.1 Å². The summed E-state index contributed by atoms with van der Waals surface area (Å²) in [6.07, 6.45) is 0. The van der Waals surface area contributed by atoms with Crippen molar-refractivity contribution in [1.29, 1.82) is 0 Å². The molecule has 0 saturated heterocycles. The van der Waals surface area contributed by atoms with E-state index in [1.165, 1.54) is 23.1 Å². The van der Waals surface area contributed by atoms with Crippen LogP contribution in [0.25, 0.3) is 0 Å². The van der Waals surface area contributed by atoms with Crippen molar-refractivity contribution in [3.63, 3.8) is 0 Å². The highest BCUT2D eigenvalue weighted by molar-refractivity contribution is 6.35. The predicted molar refractivity (Wildman–Crippen MR) is 122 cm³/mol. The molecule has 0 spiro atoms. The number of anilines is 1. The minimum absolute atomic E-state index is 0.188. The Morgan fingerprint density at radius 3 is 2.59 bits per heavy atom. The first-order valence-electron chi connectivity index (χ1n) is 9.85. The van der Waals surface area contributed by atoms with Crippen LogP contribution in [0.2, 0.25) is 10.0 Å². The van der Waals surface area contributed by atoms with Gasteiger partial charge in [0.15, 0.2) is 6.61 Å². The van der Waals surface area contributed by atoms with Crippen LogP contribution in [0, 0.1) is 12.7 Å². The summed E-state index contributed by atoms with van der Waals surface area (Å²) in [5, 5.41) is 3.57. The average molecular weight is 473 g/mol. The van der Waals surface area contributed by atoms with Crippen LogP contribution in [0.1, 0.15) is 22.7 Å². The third-order valence-corrected chi connectivity index (χ3v) is 5.68. The van der Waals surface area contributed by atoms with Gasteiger partial charge in [0, 0.05) is 16.3 Å². The summed E-state index contributed by atoms with van der Waals surface area (Å²) in [6.45, 7) is 1.40. The van der Waals surface area contributed by atoms with E-state index in [4.69, 9.17) is 27.9 Å². The molecule has 1 N–H and O–H groups in total. The Morgan fingerprint density at radius 2 is 1.88 bits per heavy atom. The molecule has 0 radical (unpaired) electrons. The number of halogens is 3. The van der Waals surface area contributed by atoms with Gasteiger partial charge in [-0.1, -0.05) is 53.0 Å². The highest BCUT2D eigenvalue weighted by atomic mass is 35.5. The average Bonchev–Trinajstić information content (AvgIpc) is 2.89. The van der Waals surface area contributed by atoms with E-state index in [1.54, 1.807) is 30.3 Å². The number of ether oxygens (including phenoxy) is 1. The third-order valence-electron chi connectivity index (χ3n) is 5.15. The summed E-state index contributed by atoms with van der Waals surface area (Å²) >= 11 is 12.0. The van der Waals surface area contributed by atoms with Gasteiger partial charge in [0.25, 0.3) is 5.91 Å². The summed E-state index contributed by atoms with van der Waals surface area (Å²) in [6, 6.07) is 15.6. The van der Waals surface area contributed by atoms with Crippen LogP contribution < -0.4 is 10.1 Å². The molecule has 1 atom stereocenters. The molecule has 0 saturated carbocycles. The zero-order valence-electron chi connectivity index (χ0n) is 17.1. The number of rotatable bonds is 4. The van der Waals surface area contributed by atoms with Gasteiger partial charge in [-0.2, -0.15) is 0 Å². The first kappa shape index (κ1) is 22.1. The summed E-state index contributed by atoms with van der Waals surface area (Å²) < 4.78 is 19.2. The maximum absolute atomic E-state index is 13.6. The summed E-state index contributed by atoms with van der Waals surface area (Å²) in [7, 11) is 0. The second-order valence-corrected chi connectivity index (χ2v) is 8.32. The molecule has 3 aromatic rings. The Balaban J connectivity index is 1.71. The lowest BCUT2D eigenvalue weighted by Crippen LogP contribution is -2.41. The van der Waals surface area contributed by atoms with E-state index in [1.807, 2.05) is 19.1 Å². The Bertz CT molecular complexity index is 1180. The Hall–Kier alpha value is -3.09. The molecule has 1 aliphatic heterocycles. The number of benzene rings is 3. The minimum Gasteiger partial charge on any atom is -0.482 e. The smallest absolute Gasteiger partial charge is 0.261 e. The fraction of sp³-hybridized carbons (Fsp3) is 0.167. The lowest BCUT2D eigenvalue weighted by molar-refractivity contribution is -0.138. The molecule has 3 aromatic carbocycles. The van der Waals surface area contributed by atoms with Crippen LogP contribution in [-0.4, -0.2) is 29.9 Å². The largest absolute Gasteiger partial charge is 0.482 e. The first-order valence-corrected chi connectivity index (χ1v) is 10.6. The molecule has 8 heteroatoms. The highest BCUT2D eigenvalue weighted by Gasteiger charge is 2.33. The van der Waals surface area contributed by atoms with Crippen molar-refractivity contribution < 1.29 is 18.7 Å². The second-order valence-electron chi connectivity index (χ2n) is 7.48. The van der Waals surface area contributed by atoms with Crippen LogP contribution in [0.3, 0.4) is 0 Å². The zero-order chi connectivity index (χ0) is 22.8. The van der Waals surface area contributed by atoms with Crippen LogP contribution in [0.5, 0.6) is 5.75 Å². The van der Waals surface area contributed by atoms with Gasteiger partial charge in [-0.15, -0.1) is 0 Å². The van der Waals surface area contributed by atoms with Crippen molar-refractivity contribution in [3.8, 4) is 5.75 Å². The molecule has 0 aromatic heterocycles. The molecule has 32 heavy (non-hydrogen) atoms. The van der Waals surface area contributed by atoms with Crippen LogP contribution in [-0.2, 0) is 9.59 Å². The van der Waals surface area contributed by atoms with E-state index in [-0.39, 0.29) is 29.9 Å². The van der Waals surface area contributed by atoms with Gasteiger partial charge >= 0.3 is 0 Å². The molecule has 4 rings (SSSR count). The molecule has 0 bridgehead atoms. The molecule has 2 amide bonds. The molecule has 164 valence electrons. The first-order chi connectivity index (χ1) is 15.3. The topological polar surface area (TPSA) is 58.6 Å². The van der Waals surface area contributed by atoms with Crippen molar-refractivity contribution >= 4 is 40.7 Å². The maximum Gasteiger partial charge on any atom is 0.261 e. The van der Waals surface area contributed by atoms with E-state index in [9.17, 15) is 14.0 Å². The van der Waals surface area contributed by atoms with Gasteiger partial charge in [-0.05, 0) is 48.9 Å². The number of fused-ring (bicyclic) bond motifs is 1. The van der Waals surface area contributed by atoms with E-state index >= 15 is 0 Å². The lowest BCUT2D eigenvalue weighted by Gasteiger charge is -2.30. The Kier molecular flexibility index (Phi) is 6.35. The van der Waals surface area contributed by atoms with Crippen LogP contribution in [0.4, 0.5) is 10.1 Å². The maximum atomic E-state index is 13.6. The summed E-state index contributed by atoms with van der Waals surface area (Å²) in [5.74, 6) is -0.842. The summed E-state index contributed by atoms with van der Waals surface area (Å²) in [5.41, 5.74) is 2.98. The van der Waals surface area contributed by atoms with Crippen molar-refractivity contribution in [2.45, 2.75) is 13.0 Å². The minimum atomic E-state index is -0.610. The van der Waals surface area contributed by atoms with Crippen LogP contribution in [0.15, 0.2) is 60.7 Å². The second kappa shape index (κ2) is 9.18. The fourth-order valence-electron chi connectivity index (χ4n) is 3.68. The Morgan fingerprint density at radius 1 is 1.12 bits per heavy atom. The van der Waals surface area contributed by atoms with Gasteiger partial charge in [0.1, 0.15) is 18.1 Å². The quantitative estimate of drug-likeness (QED) is 0.553. The number of nitrogens with one attached hydrogen (secondary N) is 1. The molecule has 5 nitrogen and oxygen atoms in total. The van der Waals surface area contributed by atoms with Gasteiger partial charge in [0.2, 0.25) is 5.91 Å². The third kappa shape index (κ3) is 4.71. The number of amides is 2. The van der Waals surface area contributed by atoms with Gasteiger partial charge in [-0.25, -0.2) is 4.39 Å². The zero-order valence-corrected chi connectivity index (χ0v) is 18.6. The molecular weight excluding hydrogens is 454 g/mol. The highest BCUT2D eigenvalue weighted by Crippen LogP contribution is 2.36. The number of carbonyl (C=O) groups excluding carboxylic acids is 2. The number of aryl methyl sites for hydroxylation is 1. The molecule has 0 aliphatic carbocycles. The SMILES string of the molecule is Cc1ccc2c(c1)[C@H](c1ccc(F)cc1)N(C(=O)COc1ccc(Cl)cc1Cl)CC(=O)N2. The van der Waals surface area contributed by atoms with Gasteiger partial charge in [-0.3, -0.25) is 9.59 Å². The molecule has 0 unspecified atom stereocenters. The number of hydrogen-bond acceptors (Lipinski definition) is 3. The van der Waals surface area contributed by atoms with E-state index in [2.05, 4.69) is 5.32 Å². The van der Waals surface area contributed by atoms with E-state index in [0.29, 0.717) is 22.0 Å². The van der Waals surface area contributed by atoms with Gasteiger partial charge in [0.05, 0.1) is 11.1 Å². The predicted octanol–water partition coefficient (Wildman–Crippen LogP) is 5.39. The van der Waals surface area contributed by atoms with E-state index < -0.39 is 11.9 Å². The number of nitrogens with zero attached hydrogens (tertiary/aromatic N) is 1. The molecule has 0 fully saturated rings. The fourth-order valence-corrected chi connectivity index (χ4v) is 4.14. The molecule has 1 heterocycles. The molecule has 1 aliphatic rings. The standard InChI is InChI=1S/C24H19Cl2FN2O3/c1-14-2-8-20-18(10-14)24(15-3-6-17(27)7-4-15)29(12-22(30)28-20)23(31)13-32-21-9-5-16(25)11-19(21)26/h2-11,24H,12-13H2,1H3,(H,28,30)/t24-/m0/s1. The summed E-state index contributed by atoms with van der Waals surface area (Å²) in [4.78, 5) is 27.3. The van der Waals surface area contributed by atoms with Crippen molar-refractivity contribution in [3.05, 3.63) is 93.2 Å². The Labute approximate surface area is 194 Å².